The summed E-state index contributed by atoms with van der Waals surface area (Å²) in [5.74, 6) is -1.09. The van der Waals surface area contributed by atoms with E-state index < -0.39 is 11.4 Å². The number of aliphatic carboxylic acids is 1. The van der Waals surface area contributed by atoms with Crippen LogP contribution in [0.5, 0.6) is 0 Å². The van der Waals surface area contributed by atoms with E-state index in [4.69, 9.17) is 0 Å². The van der Waals surface area contributed by atoms with Crippen molar-refractivity contribution in [3.8, 4) is 0 Å². The molecule has 1 atom stereocenters. The summed E-state index contributed by atoms with van der Waals surface area (Å²) >= 11 is 0. The number of carboxylic acid groups (broad SMARTS) is 1. The first kappa shape index (κ1) is 17.9. The van der Waals surface area contributed by atoms with E-state index in [2.05, 4.69) is 0 Å². The highest BCUT2D eigenvalue weighted by atomic mass is 16.4. The van der Waals surface area contributed by atoms with Crippen molar-refractivity contribution in [2.24, 2.45) is 11.3 Å². The number of nitrogens with zero attached hydrogens (tertiary/aromatic N) is 1. The fraction of sp³-hybridized carbons (Fsp3) is 0.867. The van der Waals surface area contributed by atoms with Crippen molar-refractivity contribution < 1.29 is 14.7 Å². The van der Waals surface area contributed by atoms with Crippen LogP contribution in [0.2, 0.25) is 0 Å². The third-order valence-electron chi connectivity index (χ3n) is 3.75. The van der Waals surface area contributed by atoms with Crippen LogP contribution in [-0.2, 0) is 9.59 Å². The molecule has 0 aromatic carbocycles. The van der Waals surface area contributed by atoms with Gasteiger partial charge in [-0.3, -0.25) is 9.59 Å². The third kappa shape index (κ3) is 4.22. The van der Waals surface area contributed by atoms with Gasteiger partial charge in [0.2, 0.25) is 5.91 Å². The number of hydrogen-bond donors (Lipinski definition) is 1. The minimum absolute atomic E-state index is 0.128. The average molecular weight is 271 g/mol. The molecule has 0 aliphatic rings. The molecule has 1 amide bonds. The van der Waals surface area contributed by atoms with E-state index in [1.807, 2.05) is 34.6 Å². The van der Waals surface area contributed by atoms with Crippen molar-refractivity contribution in [1.82, 2.24) is 4.90 Å². The second-order valence-corrected chi connectivity index (χ2v) is 5.80. The highest BCUT2D eigenvalue weighted by Crippen LogP contribution is 2.30. The van der Waals surface area contributed by atoms with Crippen molar-refractivity contribution >= 4 is 11.9 Å². The first-order chi connectivity index (χ1) is 8.74. The molecule has 0 radical (unpaired) electrons. The SMILES string of the molecule is CCC(CC)N(CC)C(=O)[C@@](C)(CC(C)C)C(=O)O. The minimum atomic E-state index is -1.31. The number of carbonyl (C=O) groups excluding carboxylic acids is 1. The Morgan fingerprint density at radius 1 is 1.16 bits per heavy atom. The molecule has 0 saturated carbocycles. The maximum absolute atomic E-state index is 12.7. The normalized spacial score (nSPS) is 14.5. The molecule has 0 bridgehead atoms. The van der Waals surface area contributed by atoms with Gasteiger partial charge in [-0.1, -0.05) is 27.7 Å². The van der Waals surface area contributed by atoms with Gasteiger partial charge >= 0.3 is 5.97 Å². The largest absolute Gasteiger partial charge is 0.480 e. The quantitative estimate of drug-likeness (QED) is 0.690. The molecule has 112 valence electrons. The van der Waals surface area contributed by atoms with E-state index >= 15 is 0 Å². The zero-order valence-corrected chi connectivity index (χ0v) is 13.2. The summed E-state index contributed by atoms with van der Waals surface area (Å²) in [6, 6.07) is 0.128. The zero-order chi connectivity index (χ0) is 15.2. The van der Waals surface area contributed by atoms with Gasteiger partial charge in [-0.15, -0.1) is 0 Å². The molecule has 0 rings (SSSR count). The molecule has 0 aromatic heterocycles. The summed E-state index contributed by atoms with van der Waals surface area (Å²) in [6.07, 6.45) is 2.08. The van der Waals surface area contributed by atoms with Gasteiger partial charge in [0.05, 0.1) is 0 Å². The Labute approximate surface area is 117 Å². The fourth-order valence-electron chi connectivity index (χ4n) is 2.70. The van der Waals surface area contributed by atoms with Crippen LogP contribution in [0.25, 0.3) is 0 Å². The highest BCUT2D eigenvalue weighted by Gasteiger charge is 2.44. The lowest BCUT2D eigenvalue weighted by molar-refractivity contribution is -0.162. The van der Waals surface area contributed by atoms with E-state index in [1.165, 1.54) is 0 Å². The van der Waals surface area contributed by atoms with Crippen molar-refractivity contribution in [1.29, 1.82) is 0 Å². The lowest BCUT2D eigenvalue weighted by Gasteiger charge is -2.36. The van der Waals surface area contributed by atoms with Gasteiger partial charge in [0, 0.05) is 12.6 Å². The minimum Gasteiger partial charge on any atom is -0.480 e. The molecular formula is C15H29NO3. The maximum Gasteiger partial charge on any atom is 0.318 e. The van der Waals surface area contributed by atoms with Crippen LogP contribution in [0.3, 0.4) is 0 Å². The van der Waals surface area contributed by atoms with Crippen LogP contribution >= 0.6 is 0 Å². The molecule has 0 aliphatic carbocycles. The van der Waals surface area contributed by atoms with E-state index in [0.717, 1.165) is 12.8 Å². The van der Waals surface area contributed by atoms with Crippen LogP contribution < -0.4 is 0 Å². The molecule has 0 spiro atoms. The Hall–Kier alpha value is -1.06. The van der Waals surface area contributed by atoms with Crippen molar-refractivity contribution in [3.63, 3.8) is 0 Å². The average Bonchev–Trinajstić information content (AvgIpc) is 2.33. The Kier molecular flexibility index (Phi) is 7.09. The number of amides is 1. The van der Waals surface area contributed by atoms with Gasteiger partial charge in [0.15, 0.2) is 0 Å². The topological polar surface area (TPSA) is 57.6 Å². The van der Waals surface area contributed by atoms with E-state index in [0.29, 0.717) is 13.0 Å². The summed E-state index contributed by atoms with van der Waals surface area (Å²) in [7, 11) is 0. The summed E-state index contributed by atoms with van der Waals surface area (Å²) in [6.45, 7) is 12.0. The molecule has 4 heteroatoms. The standard InChI is InChI=1S/C15H29NO3/c1-7-12(8-2)16(9-3)13(17)15(6,14(18)19)10-11(4)5/h11-12H,7-10H2,1-6H3,(H,18,19)/t15-/m1/s1. The zero-order valence-electron chi connectivity index (χ0n) is 13.2. The predicted octanol–water partition coefficient (Wildman–Crippen LogP) is 3.16. The summed E-state index contributed by atoms with van der Waals surface area (Å²) in [5, 5.41) is 9.48. The molecule has 19 heavy (non-hydrogen) atoms. The number of hydrogen-bond acceptors (Lipinski definition) is 2. The molecule has 0 fully saturated rings. The Balaban J connectivity index is 5.33. The van der Waals surface area contributed by atoms with Gasteiger partial charge in [0.1, 0.15) is 5.41 Å². The van der Waals surface area contributed by atoms with Gasteiger partial charge in [-0.25, -0.2) is 0 Å². The Bertz CT molecular complexity index is 311. The molecule has 1 N–H and O–H groups in total. The summed E-state index contributed by atoms with van der Waals surface area (Å²) < 4.78 is 0. The van der Waals surface area contributed by atoms with Gasteiger partial charge in [0.25, 0.3) is 0 Å². The van der Waals surface area contributed by atoms with Crippen molar-refractivity contribution in [2.45, 2.75) is 66.8 Å². The third-order valence-corrected chi connectivity index (χ3v) is 3.75. The van der Waals surface area contributed by atoms with Crippen molar-refractivity contribution in [2.75, 3.05) is 6.54 Å². The van der Waals surface area contributed by atoms with Crippen LogP contribution in [0.15, 0.2) is 0 Å². The molecular weight excluding hydrogens is 242 g/mol. The van der Waals surface area contributed by atoms with Gasteiger partial charge in [-0.05, 0) is 39.0 Å². The lowest BCUT2D eigenvalue weighted by Crippen LogP contribution is -2.51. The number of carboxylic acids is 1. The molecule has 0 aromatic rings. The number of rotatable bonds is 8. The first-order valence-electron chi connectivity index (χ1n) is 7.28. The van der Waals surface area contributed by atoms with E-state index in [9.17, 15) is 14.7 Å². The summed E-state index contributed by atoms with van der Waals surface area (Å²) in [4.78, 5) is 26.0. The fourth-order valence-corrected chi connectivity index (χ4v) is 2.70. The second-order valence-electron chi connectivity index (χ2n) is 5.80. The van der Waals surface area contributed by atoms with Crippen LogP contribution in [0.1, 0.15) is 60.8 Å². The molecule has 0 saturated heterocycles. The van der Waals surface area contributed by atoms with Crippen LogP contribution in [0, 0.1) is 11.3 Å². The van der Waals surface area contributed by atoms with E-state index in [-0.39, 0.29) is 17.9 Å². The van der Waals surface area contributed by atoms with Crippen LogP contribution in [-0.4, -0.2) is 34.5 Å². The van der Waals surface area contributed by atoms with Crippen molar-refractivity contribution in [3.05, 3.63) is 0 Å². The smallest absolute Gasteiger partial charge is 0.318 e. The van der Waals surface area contributed by atoms with Gasteiger partial charge in [-0.2, -0.15) is 0 Å². The monoisotopic (exact) mass is 271 g/mol. The maximum atomic E-state index is 12.7. The second kappa shape index (κ2) is 7.51. The van der Waals surface area contributed by atoms with Gasteiger partial charge < -0.3 is 10.0 Å². The molecule has 0 heterocycles. The first-order valence-corrected chi connectivity index (χ1v) is 7.28. The number of carbonyl (C=O) groups is 2. The Morgan fingerprint density at radius 3 is 1.89 bits per heavy atom. The highest BCUT2D eigenvalue weighted by molar-refractivity contribution is 6.01. The van der Waals surface area contributed by atoms with E-state index in [1.54, 1.807) is 11.8 Å². The predicted molar refractivity (Wildman–Crippen MR) is 77.0 cm³/mol. The summed E-state index contributed by atoms with van der Waals surface area (Å²) in [5.41, 5.74) is -1.31. The lowest BCUT2D eigenvalue weighted by atomic mass is 9.80. The molecule has 0 unspecified atom stereocenters. The van der Waals surface area contributed by atoms with Crippen LogP contribution in [0.4, 0.5) is 0 Å². The molecule has 4 nitrogen and oxygen atoms in total. The molecule has 0 aliphatic heterocycles. The Morgan fingerprint density at radius 2 is 1.63 bits per heavy atom.